The summed E-state index contributed by atoms with van der Waals surface area (Å²) in [6, 6.07) is 1.46. The van der Waals surface area contributed by atoms with Crippen LogP contribution in [0.4, 0.5) is 0 Å². The van der Waals surface area contributed by atoms with Crippen LogP contribution in [-0.4, -0.2) is 64.0 Å². The van der Waals surface area contributed by atoms with Gasteiger partial charge in [0.2, 0.25) is 23.6 Å². The zero-order chi connectivity index (χ0) is 26.0. The van der Waals surface area contributed by atoms with Crippen molar-refractivity contribution in [2.75, 3.05) is 0 Å². The van der Waals surface area contributed by atoms with Crippen molar-refractivity contribution < 1.29 is 34.2 Å². The normalized spacial score (nSPS) is 14.4. The number of phenolic OH excluding ortho intramolecular Hbond substituents is 1. The van der Waals surface area contributed by atoms with Gasteiger partial charge < -0.3 is 37.6 Å². The molecule has 0 aliphatic rings. The van der Waals surface area contributed by atoms with Gasteiger partial charge in [0, 0.05) is 12.8 Å². The van der Waals surface area contributed by atoms with E-state index in [0.717, 1.165) is 0 Å². The lowest BCUT2D eigenvalue weighted by Gasteiger charge is -2.26. The number of hydrogen-bond acceptors (Lipinski definition) is 7. The number of carboxylic acids is 1. The predicted molar refractivity (Wildman–Crippen MR) is 122 cm³/mol. The fourth-order valence-electron chi connectivity index (χ4n) is 2.96. The van der Waals surface area contributed by atoms with E-state index in [1.54, 1.807) is 13.8 Å². The average molecular weight is 480 g/mol. The lowest BCUT2D eigenvalue weighted by atomic mass is 10.0. The van der Waals surface area contributed by atoms with Crippen LogP contribution in [-0.2, 0) is 30.4 Å². The van der Waals surface area contributed by atoms with Crippen molar-refractivity contribution in [1.82, 2.24) is 16.0 Å². The first-order valence-electron chi connectivity index (χ1n) is 10.8. The lowest BCUT2D eigenvalue weighted by molar-refractivity contribution is -0.142. The molecule has 1 aromatic carbocycles. The molecule has 0 fully saturated rings. The fourth-order valence-corrected chi connectivity index (χ4v) is 2.96. The number of primary amides is 1. The zero-order valence-electron chi connectivity index (χ0n) is 19.4. The topological polar surface area (TPSA) is 214 Å². The maximum Gasteiger partial charge on any atom is 0.326 e. The van der Waals surface area contributed by atoms with Gasteiger partial charge >= 0.3 is 5.97 Å². The van der Waals surface area contributed by atoms with Gasteiger partial charge in [-0.2, -0.15) is 0 Å². The van der Waals surface area contributed by atoms with Crippen molar-refractivity contribution in [2.24, 2.45) is 17.4 Å². The second-order valence-corrected chi connectivity index (χ2v) is 8.34. The van der Waals surface area contributed by atoms with Gasteiger partial charge in [0.25, 0.3) is 0 Å². The minimum Gasteiger partial charge on any atom is -0.508 e. The summed E-state index contributed by atoms with van der Waals surface area (Å²) < 4.78 is 0. The minimum absolute atomic E-state index is 0.0180. The van der Waals surface area contributed by atoms with Gasteiger partial charge in [-0.15, -0.1) is 0 Å². The highest BCUT2D eigenvalue weighted by atomic mass is 16.4. The second-order valence-electron chi connectivity index (χ2n) is 8.34. The van der Waals surface area contributed by atoms with Gasteiger partial charge in [0.15, 0.2) is 0 Å². The first-order valence-corrected chi connectivity index (χ1v) is 10.8. The summed E-state index contributed by atoms with van der Waals surface area (Å²) in [5.74, 6) is -4.27. The summed E-state index contributed by atoms with van der Waals surface area (Å²) in [6.07, 6.45) is -0.0977. The third kappa shape index (κ3) is 9.45. The molecule has 4 atom stereocenters. The number of aliphatic carboxylic acids is 1. The molecule has 9 N–H and O–H groups in total. The van der Waals surface area contributed by atoms with Gasteiger partial charge in [-0.1, -0.05) is 26.0 Å². The number of phenols is 1. The highest BCUT2D eigenvalue weighted by Gasteiger charge is 2.30. The number of carbonyl (C=O) groups is 5. The van der Waals surface area contributed by atoms with Gasteiger partial charge in [-0.25, -0.2) is 4.79 Å². The molecule has 0 aromatic heterocycles. The maximum absolute atomic E-state index is 12.8. The van der Waals surface area contributed by atoms with E-state index in [0.29, 0.717) is 5.56 Å². The number of nitrogens with one attached hydrogen (secondary N) is 3. The molecule has 4 unspecified atom stereocenters. The van der Waals surface area contributed by atoms with Crippen LogP contribution in [0.5, 0.6) is 5.75 Å². The quantitative estimate of drug-likeness (QED) is 0.181. The molecule has 0 heterocycles. The van der Waals surface area contributed by atoms with Crippen LogP contribution in [0.25, 0.3) is 0 Å². The number of benzene rings is 1. The third-order valence-electron chi connectivity index (χ3n) is 5.03. The van der Waals surface area contributed by atoms with Crippen molar-refractivity contribution >= 4 is 29.6 Å². The van der Waals surface area contributed by atoms with E-state index in [2.05, 4.69) is 16.0 Å². The van der Waals surface area contributed by atoms with Crippen molar-refractivity contribution in [3.63, 3.8) is 0 Å². The molecular formula is C22H33N5O7. The maximum atomic E-state index is 12.8. The Bertz CT molecular complexity index is 888. The lowest BCUT2D eigenvalue weighted by Crippen LogP contribution is -2.58. The molecule has 12 heteroatoms. The standard InChI is InChI=1S/C22H33N5O7/c1-11(2)18(27-19(30)12(3)25-20(31)15(23)8-9-17(24)29)21(32)26-16(22(33)34)10-13-4-6-14(28)7-5-13/h4-7,11-12,15-16,18,28H,8-10,23H2,1-3H3,(H2,24,29)(H,25,31)(H,26,32)(H,27,30)(H,33,34). The fraction of sp³-hybridized carbons (Fsp3) is 0.500. The van der Waals surface area contributed by atoms with Gasteiger partial charge in [-0.05, 0) is 37.0 Å². The predicted octanol–water partition coefficient (Wildman–Crippen LogP) is -1.26. The Balaban J connectivity index is 2.77. The SMILES string of the molecule is CC(NC(=O)C(N)CCC(N)=O)C(=O)NC(C(=O)NC(Cc1ccc(O)cc1)C(=O)O)C(C)C. The molecule has 0 radical (unpaired) electrons. The van der Waals surface area contributed by atoms with E-state index in [1.165, 1.54) is 31.2 Å². The Morgan fingerprint density at radius 1 is 0.912 bits per heavy atom. The number of rotatable bonds is 13. The molecule has 1 rings (SSSR count). The summed E-state index contributed by atoms with van der Waals surface area (Å²) in [4.78, 5) is 60.0. The summed E-state index contributed by atoms with van der Waals surface area (Å²) in [5, 5.41) is 26.2. The molecule has 0 aliphatic carbocycles. The highest BCUT2D eigenvalue weighted by Crippen LogP contribution is 2.12. The minimum atomic E-state index is -1.27. The highest BCUT2D eigenvalue weighted by molar-refractivity contribution is 5.94. The Hall–Kier alpha value is -3.67. The monoisotopic (exact) mass is 479 g/mol. The number of amides is 4. The van der Waals surface area contributed by atoms with E-state index >= 15 is 0 Å². The van der Waals surface area contributed by atoms with Crippen molar-refractivity contribution in [1.29, 1.82) is 0 Å². The molecule has 34 heavy (non-hydrogen) atoms. The van der Waals surface area contributed by atoms with Crippen LogP contribution < -0.4 is 27.4 Å². The number of carboxylic acid groups (broad SMARTS) is 1. The summed E-state index contributed by atoms with van der Waals surface area (Å²) in [6.45, 7) is 4.74. The van der Waals surface area contributed by atoms with Crippen LogP contribution >= 0.6 is 0 Å². The van der Waals surface area contributed by atoms with Crippen LogP contribution in [0.2, 0.25) is 0 Å². The Kier molecular flexibility index (Phi) is 11.0. The van der Waals surface area contributed by atoms with E-state index in [9.17, 15) is 34.2 Å². The molecule has 4 amide bonds. The largest absolute Gasteiger partial charge is 0.508 e. The number of carbonyl (C=O) groups excluding carboxylic acids is 4. The Morgan fingerprint density at radius 3 is 2.00 bits per heavy atom. The van der Waals surface area contributed by atoms with Crippen LogP contribution in [0.3, 0.4) is 0 Å². The Morgan fingerprint density at radius 2 is 1.50 bits per heavy atom. The zero-order valence-corrected chi connectivity index (χ0v) is 19.4. The third-order valence-corrected chi connectivity index (χ3v) is 5.03. The van der Waals surface area contributed by atoms with E-state index < -0.39 is 59.7 Å². The van der Waals surface area contributed by atoms with E-state index in [-0.39, 0.29) is 25.0 Å². The van der Waals surface area contributed by atoms with Crippen LogP contribution in [0, 0.1) is 5.92 Å². The molecule has 0 aliphatic heterocycles. The summed E-state index contributed by atoms with van der Waals surface area (Å²) >= 11 is 0. The Labute approximate surface area is 197 Å². The molecular weight excluding hydrogens is 446 g/mol. The van der Waals surface area contributed by atoms with Crippen molar-refractivity contribution in [3.8, 4) is 5.75 Å². The number of hydrogen-bond donors (Lipinski definition) is 7. The van der Waals surface area contributed by atoms with E-state index in [4.69, 9.17) is 11.5 Å². The average Bonchev–Trinajstić information content (AvgIpc) is 2.75. The van der Waals surface area contributed by atoms with Gasteiger partial charge in [0.1, 0.15) is 23.9 Å². The molecule has 0 saturated heterocycles. The smallest absolute Gasteiger partial charge is 0.326 e. The van der Waals surface area contributed by atoms with Crippen LogP contribution in [0.15, 0.2) is 24.3 Å². The molecule has 188 valence electrons. The van der Waals surface area contributed by atoms with Gasteiger partial charge in [-0.3, -0.25) is 19.2 Å². The number of aromatic hydroxyl groups is 1. The second kappa shape index (κ2) is 13.1. The molecule has 0 spiro atoms. The van der Waals surface area contributed by atoms with E-state index in [1.807, 2.05) is 0 Å². The molecule has 0 saturated carbocycles. The molecule has 0 bridgehead atoms. The van der Waals surface area contributed by atoms with Crippen molar-refractivity contribution in [2.45, 2.75) is 64.2 Å². The molecule has 12 nitrogen and oxygen atoms in total. The first-order chi connectivity index (χ1) is 15.8. The first kappa shape index (κ1) is 28.4. The number of nitrogens with two attached hydrogens (primary N) is 2. The molecule has 1 aromatic rings. The van der Waals surface area contributed by atoms with Crippen molar-refractivity contribution in [3.05, 3.63) is 29.8 Å². The van der Waals surface area contributed by atoms with Gasteiger partial charge in [0.05, 0.1) is 6.04 Å². The summed E-state index contributed by atoms with van der Waals surface area (Å²) in [7, 11) is 0. The van der Waals surface area contributed by atoms with Crippen LogP contribution in [0.1, 0.15) is 39.2 Å². The summed E-state index contributed by atoms with van der Waals surface area (Å²) in [5.41, 5.74) is 11.3.